The molecule has 0 spiro atoms. The van der Waals surface area contributed by atoms with Crippen molar-refractivity contribution in [1.29, 1.82) is 0 Å². The highest BCUT2D eigenvalue weighted by Crippen LogP contribution is 2.32. The number of aromatic amines is 1. The molecule has 1 atom stereocenters. The van der Waals surface area contributed by atoms with Gasteiger partial charge in [-0.15, -0.1) is 0 Å². The number of aliphatic hydroxyl groups is 1. The normalized spacial score (nSPS) is 11.7. The molecule has 0 unspecified atom stereocenters. The lowest BCUT2D eigenvalue weighted by molar-refractivity contribution is -0.384. The largest absolute Gasteiger partial charge is 0.502 e. The van der Waals surface area contributed by atoms with Crippen molar-refractivity contribution < 1.29 is 24.5 Å². The Labute approximate surface area is 152 Å². The molecule has 0 radical (unpaired) electrons. The second-order valence-corrected chi connectivity index (χ2v) is 5.65. The van der Waals surface area contributed by atoms with Crippen LogP contribution in [-0.4, -0.2) is 15.1 Å². The van der Waals surface area contributed by atoms with Crippen LogP contribution >= 0.6 is 0 Å². The van der Waals surface area contributed by atoms with E-state index in [0.29, 0.717) is 11.4 Å². The van der Waals surface area contributed by atoms with E-state index in [2.05, 4.69) is 10.3 Å². The Balaban J connectivity index is 2.16. The molecule has 3 rings (SSSR count). The lowest BCUT2D eigenvalue weighted by Crippen LogP contribution is -2.20. The molecular formula is C18H16N3O6+. The van der Waals surface area contributed by atoms with Gasteiger partial charge in [0.15, 0.2) is 11.8 Å². The first-order valence-electron chi connectivity index (χ1n) is 7.94. The maximum atomic E-state index is 12.0. The fourth-order valence-electron chi connectivity index (χ4n) is 2.59. The van der Waals surface area contributed by atoms with Crippen LogP contribution in [0, 0.1) is 10.1 Å². The molecule has 4 N–H and O–H groups in total. The summed E-state index contributed by atoms with van der Waals surface area (Å²) >= 11 is 0. The lowest BCUT2D eigenvalue weighted by atomic mass is 10.0. The van der Waals surface area contributed by atoms with Crippen LogP contribution in [0.4, 0.5) is 11.5 Å². The number of nitrogens with one attached hydrogen (secondary N) is 2. The lowest BCUT2D eigenvalue weighted by Gasteiger charge is -2.15. The molecular weight excluding hydrogens is 354 g/mol. The molecule has 0 fully saturated rings. The average Bonchev–Trinajstić information content (AvgIpc) is 2.69. The molecule has 0 bridgehead atoms. The number of hydrogen-bond donors (Lipinski definition) is 3. The van der Waals surface area contributed by atoms with E-state index in [1.807, 2.05) is 0 Å². The summed E-state index contributed by atoms with van der Waals surface area (Å²) in [5.41, 5.74) is -0.499. The first kappa shape index (κ1) is 18.1. The van der Waals surface area contributed by atoms with E-state index in [4.69, 9.17) is 4.42 Å². The molecule has 9 heteroatoms. The number of H-pyrrole nitrogens is 1. The molecule has 0 aliphatic heterocycles. The van der Waals surface area contributed by atoms with Crippen LogP contribution in [-0.2, 0) is 6.61 Å². The number of aromatic nitrogens is 1. The predicted molar refractivity (Wildman–Crippen MR) is 94.1 cm³/mol. The van der Waals surface area contributed by atoms with Crippen LogP contribution in [0.1, 0.15) is 23.1 Å². The second kappa shape index (κ2) is 7.67. The first-order chi connectivity index (χ1) is 13.0. The van der Waals surface area contributed by atoms with Crippen molar-refractivity contribution >= 4 is 11.5 Å². The zero-order chi connectivity index (χ0) is 19.4. The monoisotopic (exact) mass is 370 g/mol. The Morgan fingerprint density at radius 2 is 2.04 bits per heavy atom. The van der Waals surface area contributed by atoms with Crippen LogP contribution in [0.2, 0.25) is 0 Å². The minimum absolute atomic E-state index is 0.0397. The number of hydrogen-bond acceptors (Lipinski definition) is 7. The van der Waals surface area contributed by atoms with Crippen molar-refractivity contribution in [2.45, 2.75) is 12.6 Å². The van der Waals surface area contributed by atoms with E-state index < -0.39 is 28.8 Å². The Morgan fingerprint density at radius 3 is 2.70 bits per heavy atom. The van der Waals surface area contributed by atoms with Gasteiger partial charge in [0.25, 0.3) is 11.5 Å². The van der Waals surface area contributed by atoms with Gasteiger partial charge in [0, 0.05) is 29.8 Å². The number of rotatable bonds is 6. The van der Waals surface area contributed by atoms with Gasteiger partial charge in [-0.05, 0) is 6.07 Å². The molecule has 0 aliphatic carbocycles. The van der Waals surface area contributed by atoms with Crippen molar-refractivity contribution in [3.8, 4) is 5.75 Å². The fraction of sp³-hybridized carbons (Fsp3) is 0.111. The molecule has 0 amide bonds. The highest BCUT2D eigenvalue weighted by atomic mass is 16.6. The summed E-state index contributed by atoms with van der Waals surface area (Å²) in [6, 6.07) is 11.0. The number of benzene rings is 1. The summed E-state index contributed by atoms with van der Waals surface area (Å²) < 4.78 is 5.48. The van der Waals surface area contributed by atoms with Crippen LogP contribution in [0.5, 0.6) is 5.75 Å². The number of non-ortho nitro benzene ring substituents is 1. The third-order valence-electron chi connectivity index (χ3n) is 3.84. The highest BCUT2D eigenvalue weighted by molar-refractivity contribution is 5.46. The minimum atomic E-state index is -0.928. The molecule has 2 heterocycles. The van der Waals surface area contributed by atoms with Gasteiger partial charge < -0.3 is 14.6 Å². The Hall–Kier alpha value is -3.72. The van der Waals surface area contributed by atoms with E-state index in [0.717, 1.165) is 6.07 Å². The van der Waals surface area contributed by atoms with Gasteiger partial charge in [-0.3, -0.25) is 20.2 Å². The third kappa shape index (κ3) is 3.93. The van der Waals surface area contributed by atoms with Crippen LogP contribution < -0.4 is 15.7 Å². The predicted octanol–water partition coefficient (Wildman–Crippen LogP) is 1.76. The topological polar surface area (TPSA) is 140 Å². The van der Waals surface area contributed by atoms with Crippen LogP contribution in [0.3, 0.4) is 0 Å². The van der Waals surface area contributed by atoms with Gasteiger partial charge in [0.1, 0.15) is 12.4 Å². The maximum Gasteiger partial charge on any atom is 0.273 e. The smallest absolute Gasteiger partial charge is 0.273 e. The van der Waals surface area contributed by atoms with E-state index in [1.54, 1.807) is 30.5 Å². The zero-order valence-corrected chi connectivity index (χ0v) is 14.0. The molecule has 27 heavy (non-hydrogen) atoms. The molecule has 2 aromatic heterocycles. The van der Waals surface area contributed by atoms with Gasteiger partial charge >= 0.3 is 0 Å². The van der Waals surface area contributed by atoms with Gasteiger partial charge in [-0.2, -0.15) is 0 Å². The van der Waals surface area contributed by atoms with Gasteiger partial charge in [0.05, 0.1) is 11.1 Å². The summed E-state index contributed by atoms with van der Waals surface area (Å²) in [5, 5.41) is 33.7. The molecule has 3 aromatic rings. The molecule has 0 aliphatic rings. The molecule has 0 saturated heterocycles. The van der Waals surface area contributed by atoms with E-state index in [9.17, 15) is 25.1 Å². The minimum Gasteiger partial charge on any atom is -0.502 e. The molecule has 9 nitrogen and oxygen atoms in total. The van der Waals surface area contributed by atoms with Crippen LogP contribution in [0.15, 0.2) is 63.9 Å². The van der Waals surface area contributed by atoms with Crippen molar-refractivity contribution in [3.05, 3.63) is 92.1 Å². The van der Waals surface area contributed by atoms with Gasteiger partial charge in [-0.25, -0.2) is 4.98 Å². The summed E-state index contributed by atoms with van der Waals surface area (Å²) in [6.07, 6.45) is 1.66. The number of pyridine rings is 1. The quantitative estimate of drug-likeness (QED) is 0.443. The Kier molecular flexibility index (Phi) is 5.13. The second-order valence-electron chi connectivity index (χ2n) is 5.65. The number of aromatic hydroxyl groups is 1. The third-order valence-corrected chi connectivity index (χ3v) is 3.84. The zero-order valence-electron chi connectivity index (χ0n) is 14.0. The van der Waals surface area contributed by atoms with Gasteiger partial charge in [-0.1, -0.05) is 18.2 Å². The number of aliphatic hydroxyl groups excluding tert-OH is 1. The summed E-state index contributed by atoms with van der Waals surface area (Å²) in [4.78, 5) is 25.5. The van der Waals surface area contributed by atoms with E-state index in [1.165, 1.54) is 18.2 Å². The molecule has 138 valence electrons. The van der Waals surface area contributed by atoms with Crippen molar-refractivity contribution in [2.24, 2.45) is 0 Å². The van der Waals surface area contributed by atoms with Crippen molar-refractivity contribution in [1.82, 2.24) is 0 Å². The number of anilines is 1. The highest BCUT2D eigenvalue weighted by Gasteiger charge is 2.28. The summed E-state index contributed by atoms with van der Waals surface area (Å²) in [7, 11) is 0. The number of nitro benzene ring substituents is 1. The maximum absolute atomic E-state index is 12.0. The molecule has 1 aromatic carbocycles. The fourth-order valence-corrected chi connectivity index (χ4v) is 2.59. The van der Waals surface area contributed by atoms with E-state index in [-0.39, 0.29) is 17.2 Å². The SMILES string of the molecule is O=c1cc(CO)oc([C@@H](Nc2cccc[nH+]2)c2cccc([N+](=O)[O-])c2)c1O. The first-order valence-corrected chi connectivity index (χ1v) is 7.94. The van der Waals surface area contributed by atoms with Crippen molar-refractivity contribution in [3.63, 3.8) is 0 Å². The van der Waals surface area contributed by atoms with Crippen molar-refractivity contribution in [2.75, 3.05) is 5.32 Å². The van der Waals surface area contributed by atoms with Crippen LogP contribution in [0.25, 0.3) is 0 Å². The Bertz CT molecular complexity index is 1020. The standard InChI is InChI=1S/C18H15N3O6/c22-10-13-9-14(23)17(24)18(27-13)16(20-15-6-1-2-7-19-15)11-4-3-5-12(8-11)21(25)26/h1-9,16,22,24H,10H2,(H,19,20)/p+1/t16-/m0/s1. The van der Waals surface area contributed by atoms with Gasteiger partial charge in [0.2, 0.25) is 11.2 Å². The average molecular weight is 370 g/mol. The number of nitro groups is 1. The molecule has 0 saturated carbocycles. The van der Waals surface area contributed by atoms with E-state index >= 15 is 0 Å². The summed E-state index contributed by atoms with van der Waals surface area (Å²) in [6.45, 7) is -0.540. The number of nitrogens with zero attached hydrogens (tertiary/aromatic N) is 1. The summed E-state index contributed by atoms with van der Waals surface area (Å²) in [5.74, 6) is -0.330. The Morgan fingerprint density at radius 1 is 1.22 bits per heavy atom.